The van der Waals surface area contributed by atoms with Crippen LogP contribution in [-0.4, -0.2) is 71.4 Å². The molecular weight excluding hydrogens is 335 g/mol. The van der Waals surface area contributed by atoms with Crippen LogP contribution in [0.2, 0.25) is 0 Å². The van der Waals surface area contributed by atoms with Crippen molar-refractivity contribution in [2.45, 2.75) is 32.4 Å². The Morgan fingerprint density at radius 3 is 2.31 bits per heavy atom. The fourth-order valence-electron chi connectivity index (χ4n) is 3.52. The highest BCUT2D eigenvalue weighted by atomic mass is 19.1. The van der Waals surface area contributed by atoms with Gasteiger partial charge >= 0.3 is 6.03 Å². The van der Waals surface area contributed by atoms with Crippen molar-refractivity contribution in [3.63, 3.8) is 0 Å². The van der Waals surface area contributed by atoms with E-state index in [1.54, 1.807) is 13.8 Å². The van der Waals surface area contributed by atoms with E-state index in [1.807, 2.05) is 12.1 Å². The van der Waals surface area contributed by atoms with Gasteiger partial charge in [-0.15, -0.1) is 0 Å². The maximum absolute atomic E-state index is 13.0. The number of rotatable bonds is 5. The van der Waals surface area contributed by atoms with Gasteiger partial charge in [0.05, 0.1) is 0 Å². The highest BCUT2D eigenvalue weighted by Gasteiger charge is 2.43. The summed E-state index contributed by atoms with van der Waals surface area (Å²) in [6, 6.07) is 6.36. The summed E-state index contributed by atoms with van der Waals surface area (Å²) < 4.78 is 13.0. The van der Waals surface area contributed by atoms with Crippen molar-refractivity contribution in [3.8, 4) is 0 Å². The van der Waals surface area contributed by atoms with Crippen LogP contribution < -0.4 is 5.32 Å². The molecule has 0 saturated carbocycles. The number of benzene rings is 1. The number of nitrogens with zero attached hydrogens (tertiary/aromatic N) is 3. The fraction of sp³-hybridized carbons (Fsp3) is 0.579. The Hall–Kier alpha value is -1.99. The zero-order valence-corrected chi connectivity index (χ0v) is 15.5. The van der Waals surface area contributed by atoms with Gasteiger partial charge in [-0.1, -0.05) is 12.1 Å². The number of carbonyl (C=O) groups is 2. The molecule has 0 bridgehead atoms. The Bertz CT molecular complexity index is 662. The SMILES string of the molecule is CC1(C)NC(=O)N(CCN2CCCN(Cc3ccc(F)cc3)CC2)C1=O. The second kappa shape index (κ2) is 7.72. The first kappa shape index (κ1) is 18.8. The number of hydrogen-bond acceptors (Lipinski definition) is 4. The molecule has 3 rings (SSSR count). The van der Waals surface area contributed by atoms with Gasteiger partial charge in [0.1, 0.15) is 11.4 Å². The predicted octanol–water partition coefficient (Wildman–Crippen LogP) is 1.66. The minimum atomic E-state index is -0.804. The van der Waals surface area contributed by atoms with E-state index in [2.05, 4.69) is 15.1 Å². The van der Waals surface area contributed by atoms with Gasteiger partial charge in [0.15, 0.2) is 0 Å². The van der Waals surface area contributed by atoms with E-state index in [9.17, 15) is 14.0 Å². The lowest BCUT2D eigenvalue weighted by Gasteiger charge is -2.23. The van der Waals surface area contributed by atoms with Crippen LogP contribution in [0.5, 0.6) is 0 Å². The van der Waals surface area contributed by atoms with Crippen LogP contribution in [0.25, 0.3) is 0 Å². The number of halogens is 1. The van der Waals surface area contributed by atoms with Crippen LogP contribution in [0.3, 0.4) is 0 Å². The third-order valence-electron chi connectivity index (χ3n) is 5.08. The summed E-state index contributed by atoms with van der Waals surface area (Å²) >= 11 is 0. The zero-order valence-electron chi connectivity index (χ0n) is 15.5. The molecule has 0 aromatic heterocycles. The lowest BCUT2D eigenvalue weighted by atomic mass is 10.1. The predicted molar refractivity (Wildman–Crippen MR) is 97.1 cm³/mol. The molecule has 2 fully saturated rings. The van der Waals surface area contributed by atoms with E-state index in [1.165, 1.54) is 17.0 Å². The van der Waals surface area contributed by atoms with Gasteiger partial charge in [0, 0.05) is 32.7 Å². The Morgan fingerprint density at radius 2 is 1.65 bits per heavy atom. The number of amides is 3. The minimum absolute atomic E-state index is 0.157. The molecule has 0 spiro atoms. The van der Waals surface area contributed by atoms with Gasteiger partial charge in [-0.05, 0) is 51.1 Å². The van der Waals surface area contributed by atoms with Crippen molar-refractivity contribution in [1.82, 2.24) is 20.0 Å². The largest absolute Gasteiger partial charge is 0.325 e. The first-order valence-corrected chi connectivity index (χ1v) is 9.18. The van der Waals surface area contributed by atoms with E-state index in [0.717, 1.165) is 44.7 Å². The Labute approximate surface area is 153 Å². The molecule has 0 radical (unpaired) electrons. The van der Waals surface area contributed by atoms with Gasteiger partial charge in [0.2, 0.25) is 0 Å². The molecule has 0 unspecified atom stereocenters. The van der Waals surface area contributed by atoms with Crippen molar-refractivity contribution in [3.05, 3.63) is 35.6 Å². The average Bonchev–Trinajstić information content (AvgIpc) is 2.74. The molecule has 142 valence electrons. The molecule has 2 saturated heterocycles. The van der Waals surface area contributed by atoms with Gasteiger partial charge < -0.3 is 10.2 Å². The lowest BCUT2D eigenvalue weighted by molar-refractivity contribution is -0.130. The van der Waals surface area contributed by atoms with Crippen molar-refractivity contribution >= 4 is 11.9 Å². The summed E-state index contributed by atoms with van der Waals surface area (Å²) in [5.41, 5.74) is 0.309. The first-order valence-electron chi connectivity index (χ1n) is 9.18. The van der Waals surface area contributed by atoms with Crippen molar-refractivity contribution in [2.75, 3.05) is 39.3 Å². The summed E-state index contributed by atoms with van der Waals surface area (Å²) in [5, 5.41) is 2.72. The Balaban J connectivity index is 1.47. The summed E-state index contributed by atoms with van der Waals surface area (Å²) in [6.45, 7) is 9.15. The third-order valence-corrected chi connectivity index (χ3v) is 5.08. The van der Waals surface area contributed by atoms with E-state index >= 15 is 0 Å². The second-order valence-electron chi connectivity index (χ2n) is 7.61. The van der Waals surface area contributed by atoms with E-state index in [0.29, 0.717) is 13.1 Å². The maximum Gasteiger partial charge on any atom is 0.325 e. The molecule has 7 heteroatoms. The Morgan fingerprint density at radius 1 is 1.00 bits per heavy atom. The van der Waals surface area contributed by atoms with Crippen LogP contribution in [0.15, 0.2) is 24.3 Å². The molecule has 26 heavy (non-hydrogen) atoms. The van der Waals surface area contributed by atoms with Crippen LogP contribution >= 0.6 is 0 Å². The molecule has 2 heterocycles. The average molecular weight is 362 g/mol. The smallest absolute Gasteiger partial charge is 0.324 e. The van der Waals surface area contributed by atoms with Crippen LogP contribution in [0.1, 0.15) is 25.8 Å². The van der Waals surface area contributed by atoms with Gasteiger partial charge in [-0.3, -0.25) is 14.6 Å². The van der Waals surface area contributed by atoms with Crippen LogP contribution in [-0.2, 0) is 11.3 Å². The quantitative estimate of drug-likeness (QED) is 0.810. The van der Waals surface area contributed by atoms with E-state index in [4.69, 9.17) is 0 Å². The van der Waals surface area contributed by atoms with Crippen molar-refractivity contribution in [2.24, 2.45) is 0 Å². The van der Waals surface area contributed by atoms with Crippen molar-refractivity contribution in [1.29, 1.82) is 0 Å². The highest BCUT2D eigenvalue weighted by Crippen LogP contribution is 2.16. The maximum atomic E-state index is 13.0. The first-order chi connectivity index (χ1) is 12.3. The number of hydrogen-bond donors (Lipinski definition) is 1. The molecule has 0 aliphatic carbocycles. The Kier molecular flexibility index (Phi) is 5.58. The molecule has 1 aromatic rings. The van der Waals surface area contributed by atoms with Gasteiger partial charge in [0.25, 0.3) is 5.91 Å². The molecule has 3 amide bonds. The zero-order chi connectivity index (χ0) is 18.7. The van der Waals surface area contributed by atoms with Crippen LogP contribution in [0, 0.1) is 5.82 Å². The van der Waals surface area contributed by atoms with Crippen LogP contribution in [0.4, 0.5) is 9.18 Å². The summed E-state index contributed by atoms with van der Waals surface area (Å²) in [4.78, 5) is 30.2. The topological polar surface area (TPSA) is 55.9 Å². The molecular formula is C19H27FN4O2. The summed E-state index contributed by atoms with van der Waals surface area (Å²) in [5.74, 6) is -0.366. The fourth-order valence-corrected chi connectivity index (χ4v) is 3.52. The highest BCUT2D eigenvalue weighted by molar-refractivity contribution is 6.06. The second-order valence-corrected chi connectivity index (χ2v) is 7.61. The standard InChI is InChI=1S/C19H27FN4O2/c1-19(2)17(25)24(18(26)21-19)13-12-22-8-3-9-23(11-10-22)14-15-4-6-16(20)7-5-15/h4-7H,3,8-14H2,1-2H3,(H,21,26). The molecule has 1 aromatic carbocycles. The molecule has 6 nitrogen and oxygen atoms in total. The lowest BCUT2D eigenvalue weighted by Crippen LogP contribution is -2.42. The number of imide groups is 1. The minimum Gasteiger partial charge on any atom is -0.324 e. The third kappa shape index (κ3) is 4.40. The monoisotopic (exact) mass is 362 g/mol. The van der Waals surface area contributed by atoms with Crippen molar-refractivity contribution < 1.29 is 14.0 Å². The summed E-state index contributed by atoms with van der Waals surface area (Å²) in [6.07, 6.45) is 1.03. The van der Waals surface area contributed by atoms with Gasteiger partial charge in [-0.25, -0.2) is 9.18 Å². The van der Waals surface area contributed by atoms with E-state index < -0.39 is 5.54 Å². The van der Waals surface area contributed by atoms with E-state index in [-0.39, 0.29) is 17.8 Å². The molecule has 2 aliphatic heterocycles. The normalized spacial score (nSPS) is 21.7. The molecule has 0 atom stereocenters. The van der Waals surface area contributed by atoms with Gasteiger partial charge in [-0.2, -0.15) is 0 Å². The molecule has 1 N–H and O–H groups in total. The number of carbonyl (C=O) groups excluding carboxylic acids is 2. The number of urea groups is 1. The number of nitrogens with one attached hydrogen (secondary N) is 1. The summed E-state index contributed by atoms with van der Waals surface area (Å²) in [7, 11) is 0. The molecule has 2 aliphatic rings.